The first-order valence-electron chi connectivity index (χ1n) is 5.75. The molecule has 0 aromatic heterocycles. The Morgan fingerprint density at radius 3 is 2.29 bits per heavy atom. The van der Waals surface area contributed by atoms with Gasteiger partial charge in [0.2, 0.25) is 0 Å². The number of benzene rings is 2. The smallest absolute Gasteiger partial charge is 0.335 e. The van der Waals surface area contributed by atoms with Crippen molar-refractivity contribution in [1.82, 2.24) is 0 Å². The van der Waals surface area contributed by atoms with E-state index in [0.717, 1.165) is 0 Å². The van der Waals surface area contributed by atoms with Crippen LogP contribution in [0.2, 0.25) is 15.1 Å². The molecule has 0 heterocycles. The predicted molar refractivity (Wildman–Crippen MR) is 86.1 cm³/mol. The molecule has 108 valence electrons. The number of hydrazone groups is 1. The van der Waals surface area contributed by atoms with Gasteiger partial charge in [-0.1, -0.05) is 34.8 Å². The van der Waals surface area contributed by atoms with Crippen molar-refractivity contribution >= 4 is 52.7 Å². The molecular weight excluding hydrogens is 335 g/mol. The first-order valence-corrected chi connectivity index (χ1v) is 6.88. The van der Waals surface area contributed by atoms with Crippen molar-refractivity contribution < 1.29 is 9.90 Å². The number of aromatic carboxylic acids is 1. The van der Waals surface area contributed by atoms with Crippen LogP contribution in [-0.2, 0) is 0 Å². The van der Waals surface area contributed by atoms with Crippen molar-refractivity contribution in [3.8, 4) is 0 Å². The molecular formula is C14H9Cl3N2O2. The Kier molecular flexibility index (Phi) is 5.07. The molecule has 7 heteroatoms. The minimum Gasteiger partial charge on any atom is -0.478 e. The molecule has 2 rings (SSSR count). The van der Waals surface area contributed by atoms with Gasteiger partial charge in [-0.3, -0.25) is 5.43 Å². The highest BCUT2D eigenvalue weighted by Gasteiger charge is 2.07. The molecule has 4 nitrogen and oxygen atoms in total. The Bertz CT molecular complexity index is 700. The summed E-state index contributed by atoms with van der Waals surface area (Å²) in [5.74, 6) is -0.984. The van der Waals surface area contributed by atoms with Crippen molar-refractivity contribution in [3.05, 3.63) is 62.6 Å². The standard InChI is InChI=1S/C14H9Cl3N2O2/c15-11-5-6-12(16)13(17)10(11)7-18-19-9-3-1-8(2-4-9)14(20)21/h1-7,19H,(H,20,21)/b18-7-. The molecule has 0 saturated heterocycles. The number of nitrogens with zero attached hydrogens (tertiary/aromatic N) is 1. The average molecular weight is 344 g/mol. The zero-order valence-corrected chi connectivity index (χ0v) is 12.7. The second kappa shape index (κ2) is 6.80. The van der Waals surface area contributed by atoms with Gasteiger partial charge in [0.1, 0.15) is 0 Å². The van der Waals surface area contributed by atoms with E-state index in [1.165, 1.54) is 18.3 Å². The molecule has 0 atom stereocenters. The van der Waals surface area contributed by atoms with Crippen molar-refractivity contribution in [2.45, 2.75) is 0 Å². The van der Waals surface area contributed by atoms with Gasteiger partial charge in [0.25, 0.3) is 0 Å². The molecule has 0 spiro atoms. The van der Waals surface area contributed by atoms with E-state index in [0.29, 0.717) is 26.3 Å². The summed E-state index contributed by atoms with van der Waals surface area (Å²) in [5.41, 5.74) is 4.08. The van der Waals surface area contributed by atoms with Crippen LogP contribution >= 0.6 is 34.8 Å². The van der Waals surface area contributed by atoms with Crippen LogP contribution in [-0.4, -0.2) is 17.3 Å². The summed E-state index contributed by atoms with van der Waals surface area (Å²) in [7, 11) is 0. The van der Waals surface area contributed by atoms with E-state index in [2.05, 4.69) is 10.5 Å². The highest BCUT2D eigenvalue weighted by atomic mass is 35.5. The second-order valence-electron chi connectivity index (χ2n) is 4.01. The summed E-state index contributed by atoms with van der Waals surface area (Å²) in [6, 6.07) is 9.36. The minimum atomic E-state index is -0.984. The number of hydrogen-bond acceptors (Lipinski definition) is 3. The Hall–Kier alpha value is -1.75. The monoisotopic (exact) mass is 342 g/mol. The van der Waals surface area contributed by atoms with E-state index in [1.54, 1.807) is 24.3 Å². The van der Waals surface area contributed by atoms with E-state index in [-0.39, 0.29) is 5.56 Å². The van der Waals surface area contributed by atoms with Crippen LogP contribution in [0.5, 0.6) is 0 Å². The Balaban J connectivity index is 2.13. The van der Waals surface area contributed by atoms with Gasteiger partial charge in [-0.05, 0) is 36.4 Å². The zero-order chi connectivity index (χ0) is 15.4. The fourth-order valence-corrected chi connectivity index (χ4v) is 2.15. The zero-order valence-electron chi connectivity index (χ0n) is 10.5. The number of rotatable bonds is 4. The lowest BCUT2D eigenvalue weighted by atomic mass is 10.2. The lowest BCUT2D eigenvalue weighted by Gasteiger charge is -2.04. The molecule has 0 aliphatic heterocycles. The van der Waals surface area contributed by atoms with E-state index >= 15 is 0 Å². The molecule has 0 radical (unpaired) electrons. The average Bonchev–Trinajstić information content (AvgIpc) is 2.47. The number of hydrogen-bond donors (Lipinski definition) is 2. The van der Waals surface area contributed by atoms with Gasteiger partial charge in [0.15, 0.2) is 0 Å². The van der Waals surface area contributed by atoms with Gasteiger partial charge in [-0.25, -0.2) is 4.79 Å². The maximum atomic E-state index is 10.7. The van der Waals surface area contributed by atoms with Crippen LogP contribution in [0.15, 0.2) is 41.5 Å². The van der Waals surface area contributed by atoms with Crippen molar-refractivity contribution in [2.24, 2.45) is 5.10 Å². The fraction of sp³-hybridized carbons (Fsp3) is 0. The molecule has 0 aliphatic carbocycles. The van der Waals surface area contributed by atoms with Crippen molar-refractivity contribution in [3.63, 3.8) is 0 Å². The van der Waals surface area contributed by atoms with E-state index in [9.17, 15) is 4.79 Å². The minimum absolute atomic E-state index is 0.199. The summed E-state index contributed by atoms with van der Waals surface area (Å²) in [4.78, 5) is 10.7. The van der Waals surface area contributed by atoms with Gasteiger partial charge in [0.05, 0.1) is 32.5 Å². The summed E-state index contributed by atoms with van der Waals surface area (Å²) in [6.07, 6.45) is 1.45. The number of anilines is 1. The lowest BCUT2D eigenvalue weighted by Crippen LogP contribution is -1.97. The second-order valence-corrected chi connectivity index (χ2v) is 5.20. The van der Waals surface area contributed by atoms with Crippen LogP contribution < -0.4 is 5.43 Å². The first kappa shape index (κ1) is 15.6. The first-order chi connectivity index (χ1) is 9.99. The van der Waals surface area contributed by atoms with Crippen LogP contribution in [0.25, 0.3) is 0 Å². The summed E-state index contributed by atoms with van der Waals surface area (Å²) >= 11 is 17.9. The molecule has 0 fully saturated rings. The molecule has 0 amide bonds. The fourth-order valence-electron chi connectivity index (χ4n) is 1.52. The summed E-state index contributed by atoms with van der Waals surface area (Å²) in [6.45, 7) is 0. The third kappa shape index (κ3) is 3.88. The lowest BCUT2D eigenvalue weighted by molar-refractivity contribution is 0.0697. The molecule has 0 saturated carbocycles. The molecule has 21 heavy (non-hydrogen) atoms. The maximum Gasteiger partial charge on any atom is 0.335 e. The number of carbonyl (C=O) groups is 1. The Morgan fingerprint density at radius 1 is 1.05 bits per heavy atom. The molecule has 0 unspecified atom stereocenters. The molecule has 0 bridgehead atoms. The van der Waals surface area contributed by atoms with Gasteiger partial charge >= 0.3 is 5.97 Å². The van der Waals surface area contributed by atoms with Crippen LogP contribution in [0.4, 0.5) is 5.69 Å². The van der Waals surface area contributed by atoms with Gasteiger partial charge in [-0.2, -0.15) is 5.10 Å². The number of halogens is 3. The topological polar surface area (TPSA) is 61.7 Å². The van der Waals surface area contributed by atoms with E-state index in [1.807, 2.05) is 0 Å². The normalized spacial score (nSPS) is 10.8. The number of carboxylic acid groups (broad SMARTS) is 1. The number of carboxylic acids is 1. The Morgan fingerprint density at radius 2 is 1.67 bits per heavy atom. The highest BCUT2D eigenvalue weighted by molar-refractivity contribution is 6.45. The third-order valence-electron chi connectivity index (χ3n) is 2.60. The van der Waals surface area contributed by atoms with Gasteiger partial charge < -0.3 is 5.11 Å². The number of nitrogens with one attached hydrogen (secondary N) is 1. The maximum absolute atomic E-state index is 10.7. The largest absolute Gasteiger partial charge is 0.478 e. The molecule has 2 aromatic carbocycles. The van der Waals surface area contributed by atoms with Gasteiger partial charge in [0, 0.05) is 5.56 Å². The Labute approximate surface area is 135 Å². The quantitative estimate of drug-likeness (QED) is 0.476. The van der Waals surface area contributed by atoms with Crippen molar-refractivity contribution in [1.29, 1.82) is 0 Å². The predicted octanol–water partition coefficient (Wildman–Crippen LogP) is 4.79. The van der Waals surface area contributed by atoms with Crippen molar-refractivity contribution in [2.75, 3.05) is 5.43 Å². The molecule has 2 aromatic rings. The third-order valence-corrected chi connectivity index (χ3v) is 3.75. The van der Waals surface area contributed by atoms with Crippen LogP contribution in [0.1, 0.15) is 15.9 Å². The van der Waals surface area contributed by atoms with E-state index < -0.39 is 5.97 Å². The van der Waals surface area contributed by atoms with Crippen LogP contribution in [0.3, 0.4) is 0 Å². The van der Waals surface area contributed by atoms with E-state index in [4.69, 9.17) is 39.9 Å². The van der Waals surface area contributed by atoms with Crippen LogP contribution in [0, 0.1) is 0 Å². The SMILES string of the molecule is O=C(O)c1ccc(N/N=C\c2c(Cl)ccc(Cl)c2Cl)cc1. The summed E-state index contributed by atoms with van der Waals surface area (Å²) in [5, 5.41) is 13.9. The summed E-state index contributed by atoms with van der Waals surface area (Å²) < 4.78 is 0. The molecule has 0 aliphatic rings. The highest BCUT2D eigenvalue weighted by Crippen LogP contribution is 2.30. The molecule has 2 N–H and O–H groups in total. The van der Waals surface area contributed by atoms with Gasteiger partial charge in [-0.15, -0.1) is 0 Å².